The highest BCUT2D eigenvalue weighted by atomic mass is 32.2. The van der Waals surface area contributed by atoms with Crippen LogP contribution >= 0.6 is 0 Å². The summed E-state index contributed by atoms with van der Waals surface area (Å²) in [4.78, 5) is 0.755. The zero-order valence-electron chi connectivity index (χ0n) is 11.8. The molecule has 108 valence electrons. The van der Waals surface area contributed by atoms with Gasteiger partial charge in [0.15, 0.2) is 0 Å². The summed E-state index contributed by atoms with van der Waals surface area (Å²) in [7, 11) is -1.28. The normalized spacial score (nSPS) is 13.6. The molecule has 2 aromatic rings. The van der Waals surface area contributed by atoms with Crippen LogP contribution in [-0.4, -0.2) is 4.21 Å². The molecule has 0 radical (unpaired) electrons. The minimum atomic E-state index is -1.28. The predicted molar refractivity (Wildman–Crippen MR) is 89.1 cm³/mol. The second kappa shape index (κ2) is 7.72. The van der Waals surface area contributed by atoms with Crippen LogP contribution in [0.15, 0.2) is 90.9 Å². The van der Waals surface area contributed by atoms with E-state index in [1.165, 1.54) is 0 Å². The number of hydrogen-bond donors (Lipinski definition) is 1. The molecular formula is C18H19NOS. The standard InChI is InChI=1S/C18H19NOS/c1-3-15(4-2)18(16-11-7-5-8-12-16)19-21(20)17-13-9-6-10-14-17/h3-15,18-19H,1-2H2. The van der Waals surface area contributed by atoms with Gasteiger partial charge in [-0.1, -0.05) is 60.7 Å². The zero-order valence-corrected chi connectivity index (χ0v) is 12.6. The van der Waals surface area contributed by atoms with E-state index in [9.17, 15) is 4.21 Å². The molecule has 0 aromatic heterocycles. The third-order valence-corrected chi connectivity index (χ3v) is 4.45. The van der Waals surface area contributed by atoms with Gasteiger partial charge >= 0.3 is 0 Å². The maximum atomic E-state index is 12.5. The van der Waals surface area contributed by atoms with Gasteiger partial charge in [-0.05, 0) is 17.7 Å². The van der Waals surface area contributed by atoms with Gasteiger partial charge in [-0.15, -0.1) is 13.2 Å². The third kappa shape index (κ3) is 4.00. The van der Waals surface area contributed by atoms with Crippen LogP contribution in [0.4, 0.5) is 0 Å². The van der Waals surface area contributed by atoms with E-state index in [0.717, 1.165) is 10.5 Å². The van der Waals surface area contributed by atoms with Crippen LogP contribution in [-0.2, 0) is 11.0 Å². The summed E-state index contributed by atoms with van der Waals surface area (Å²) in [6.07, 6.45) is 3.64. The van der Waals surface area contributed by atoms with Crippen molar-refractivity contribution in [3.63, 3.8) is 0 Å². The van der Waals surface area contributed by atoms with Crippen LogP contribution in [0.1, 0.15) is 11.6 Å². The Morgan fingerprint density at radius 2 is 1.43 bits per heavy atom. The molecule has 0 amide bonds. The minimum absolute atomic E-state index is 0.0000576. The molecular weight excluding hydrogens is 278 g/mol. The molecule has 0 aliphatic carbocycles. The SMILES string of the molecule is C=CC(C=C)C(NS(=O)c1ccccc1)c1ccccc1. The largest absolute Gasteiger partial charge is 0.237 e. The van der Waals surface area contributed by atoms with Gasteiger partial charge in [-0.25, -0.2) is 8.93 Å². The predicted octanol–water partition coefficient (Wildman–Crippen LogP) is 4.03. The summed E-state index contributed by atoms with van der Waals surface area (Å²) in [6.45, 7) is 7.70. The van der Waals surface area contributed by atoms with Crippen LogP contribution in [0.25, 0.3) is 0 Å². The smallest absolute Gasteiger partial charge is 0.125 e. The van der Waals surface area contributed by atoms with E-state index >= 15 is 0 Å². The molecule has 2 rings (SSSR count). The molecule has 2 unspecified atom stereocenters. The summed E-state index contributed by atoms with van der Waals surface area (Å²) in [5.74, 6) is 0.0000576. The average Bonchev–Trinajstić information content (AvgIpc) is 2.56. The topological polar surface area (TPSA) is 29.1 Å². The molecule has 0 aliphatic heterocycles. The first kappa shape index (κ1) is 15.4. The highest BCUT2D eigenvalue weighted by Gasteiger charge is 2.20. The van der Waals surface area contributed by atoms with Crippen LogP contribution < -0.4 is 4.72 Å². The first-order chi connectivity index (χ1) is 10.3. The molecule has 0 fully saturated rings. The van der Waals surface area contributed by atoms with Crippen LogP contribution in [0.2, 0.25) is 0 Å². The van der Waals surface area contributed by atoms with E-state index < -0.39 is 11.0 Å². The lowest BCUT2D eigenvalue weighted by molar-refractivity contribution is 0.562. The van der Waals surface area contributed by atoms with Gasteiger partial charge in [0.2, 0.25) is 0 Å². The van der Waals surface area contributed by atoms with Crippen molar-refractivity contribution in [2.75, 3.05) is 0 Å². The summed E-state index contributed by atoms with van der Waals surface area (Å²) < 4.78 is 15.7. The minimum Gasteiger partial charge on any atom is -0.237 e. The molecule has 0 saturated carbocycles. The number of rotatable bonds is 7. The highest BCUT2D eigenvalue weighted by Crippen LogP contribution is 2.25. The summed E-state index contributed by atoms with van der Waals surface area (Å²) in [6, 6.07) is 19.2. The fourth-order valence-corrected chi connectivity index (χ4v) is 3.19. The van der Waals surface area contributed by atoms with Crippen molar-refractivity contribution in [3.8, 4) is 0 Å². The molecule has 0 saturated heterocycles. The van der Waals surface area contributed by atoms with Crippen LogP contribution in [0, 0.1) is 5.92 Å². The average molecular weight is 297 g/mol. The first-order valence-electron chi connectivity index (χ1n) is 6.79. The maximum absolute atomic E-state index is 12.5. The number of nitrogens with one attached hydrogen (secondary N) is 1. The highest BCUT2D eigenvalue weighted by molar-refractivity contribution is 7.83. The lowest BCUT2D eigenvalue weighted by Gasteiger charge is -2.23. The van der Waals surface area contributed by atoms with Gasteiger partial charge in [0, 0.05) is 5.92 Å². The quantitative estimate of drug-likeness (QED) is 0.768. The Bertz CT molecular complexity index is 602. The van der Waals surface area contributed by atoms with Gasteiger partial charge < -0.3 is 0 Å². The fraction of sp³-hybridized carbons (Fsp3) is 0.111. The molecule has 0 spiro atoms. The van der Waals surface area contributed by atoms with E-state index in [1.54, 1.807) is 0 Å². The zero-order chi connectivity index (χ0) is 15.1. The van der Waals surface area contributed by atoms with Crippen molar-refractivity contribution in [1.82, 2.24) is 4.72 Å². The van der Waals surface area contributed by atoms with Gasteiger partial charge in [0.05, 0.1) is 10.9 Å². The van der Waals surface area contributed by atoms with E-state index in [0.29, 0.717) is 0 Å². The van der Waals surface area contributed by atoms with Crippen molar-refractivity contribution in [2.45, 2.75) is 10.9 Å². The van der Waals surface area contributed by atoms with E-state index in [2.05, 4.69) is 17.9 Å². The van der Waals surface area contributed by atoms with Gasteiger partial charge in [-0.3, -0.25) is 0 Å². The van der Waals surface area contributed by atoms with Crippen molar-refractivity contribution in [3.05, 3.63) is 91.5 Å². The van der Waals surface area contributed by atoms with Crippen LogP contribution in [0.3, 0.4) is 0 Å². The van der Waals surface area contributed by atoms with E-state index in [1.807, 2.05) is 72.8 Å². The summed E-state index contributed by atoms with van der Waals surface area (Å²) in [5.41, 5.74) is 1.06. The molecule has 3 heteroatoms. The Kier molecular flexibility index (Phi) is 5.67. The van der Waals surface area contributed by atoms with Gasteiger partial charge in [-0.2, -0.15) is 0 Å². The lowest BCUT2D eigenvalue weighted by Crippen LogP contribution is -2.28. The van der Waals surface area contributed by atoms with Crippen LogP contribution in [0.5, 0.6) is 0 Å². The summed E-state index contributed by atoms with van der Waals surface area (Å²) in [5, 5.41) is 0. The molecule has 21 heavy (non-hydrogen) atoms. The molecule has 2 aromatic carbocycles. The van der Waals surface area contributed by atoms with Crippen molar-refractivity contribution < 1.29 is 4.21 Å². The van der Waals surface area contributed by atoms with E-state index in [4.69, 9.17) is 0 Å². The summed E-state index contributed by atoms with van der Waals surface area (Å²) >= 11 is 0. The second-order valence-electron chi connectivity index (χ2n) is 4.64. The third-order valence-electron chi connectivity index (χ3n) is 3.28. The Morgan fingerprint density at radius 1 is 0.905 bits per heavy atom. The molecule has 2 atom stereocenters. The maximum Gasteiger partial charge on any atom is 0.125 e. The molecule has 1 N–H and O–H groups in total. The second-order valence-corrected chi connectivity index (χ2v) is 5.88. The number of hydrogen-bond acceptors (Lipinski definition) is 1. The Hall–Kier alpha value is -1.97. The van der Waals surface area contributed by atoms with Crippen molar-refractivity contribution >= 4 is 11.0 Å². The number of benzene rings is 2. The molecule has 0 bridgehead atoms. The Morgan fingerprint density at radius 3 is 1.95 bits per heavy atom. The monoisotopic (exact) mass is 297 g/mol. The molecule has 0 heterocycles. The van der Waals surface area contributed by atoms with Gasteiger partial charge in [0.25, 0.3) is 0 Å². The van der Waals surface area contributed by atoms with Crippen molar-refractivity contribution in [2.24, 2.45) is 5.92 Å². The Labute approximate surface area is 128 Å². The Balaban J connectivity index is 2.26. The van der Waals surface area contributed by atoms with Gasteiger partial charge in [0.1, 0.15) is 11.0 Å². The fourth-order valence-electron chi connectivity index (χ4n) is 2.13. The van der Waals surface area contributed by atoms with Crippen molar-refractivity contribution in [1.29, 1.82) is 0 Å². The first-order valence-corrected chi connectivity index (χ1v) is 7.94. The molecule has 0 aliphatic rings. The lowest BCUT2D eigenvalue weighted by atomic mass is 9.94. The molecule has 2 nitrogen and oxygen atoms in total. The van der Waals surface area contributed by atoms with E-state index in [-0.39, 0.29) is 12.0 Å².